The molecule has 0 fully saturated rings. The Balaban J connectivity index is 2.52. The third-order valence-corrected chi connectivity index (χ3v) is 2.16. The van der Waals surface area contributed by atoms with E-state index in [0.717, 1.165) is 0 Å². The number of aromatic nitrogens is 2. The Kier molecular flexibility index (Phi) is 5.48. The molecule has 1 heterocycles. The summed E-state index contributed by atoms with van der Waals surface area (Å²) in [6.45, 7) is 2.53. The van der Waals surface area contributed by atoms with Gasteiger partial charge in [0.25, 0.3) is 0 Å². The van der Waals surface area contributed by atoms with E-state index in [1.165, 1.54) is 13.4 Å². The molecule has 0 amide bonds. The molecule has 1 aromatic heterocycles. The summed E-state index contributed by atoms with van der Waals surface area (Å²) < 4.78 is 9.84. The van der Waals surface area contributed by atoms with Crippen LogP contribution in [-0.4, -0.2) is 36.2 Å². The van der Waals surface area contributed by atoms with E-state index >= 15 is 0 Å². The Hall–Kier alpha value is -1.56. The van der Waals surface area contributed by atoms with Gasteiger partial charge < -0.3 is 14.8 Å². The highest BCUT2D eigenvalue weighted by Gasteiger charge is 2.10. The Morgan fingerprint density at radius 1 is 1.53 bits per heavy atom. The summed E-state index contributed by atoms with van der Waals surface area (Å²) in [7, 11) is 1.47. The van der Waals surface area contributed by atoms with Crippen molar-refractivity contribution in [2.45, 2.75) is 13.3 Å². The predicted octanol–water partition coefficient (Wildman–Crippen LogP) is 1.50. The van der Waals surface area contributed by atoms with Crippen LogP contribution in [0.2, 0.25) is 5.15 Å². The van der Waals surface area contributed by atoms with Crippen LogP contribution >= 0.6 is 11.6 Å². The smallest absolute Gasteiger partial charge is 0.307 e. The van der Waals surface area contributed by atoms with Gasteiger partial charge in [0.1, 0.15) is 6.33 Å². The van der Waals surface area contributed by atoms with E-state index in [4.69, 9.17) is 21.1 Å². The number of carbonyl (C=O) groups excluding carboxylic acids is 1. The number of nitrogens with zero attached hydrogens (tertiary/aromatic N) is 2. The normalized spacial score (nSPS) is 9.82. The maximum atomic E-state index is 11.1. The van der Waals surface area contributed by atoms with E-state index in [-0.39, 0.29) is 17.5 Å². The molecule has 0 aliphatic heterocycles. The molecule has 94 valence electrons. The maximum Gasteiger partial charge on any atom is 0.307 e. The fraction of sp³-hybridized carbons (Fsp3) is 0.500. The van der Waals surface area contributed by atoms with Crippen molar-refractivity contribution in [2.24, 2.45) is 0 Å². The van der Waals surface area contributed by atoms with Gasteiger partial charge in [0.2, 0.25) is 0 Å². The molecule has 0 saturated heterocycles. The summed E-state index contributed by atoms with van der Waals surface area (Å²) in [5.74, 6) is 0.550. The van der Waals surface area contributed by atoms with E-state index in [9.17, 15) is 4.79 Å². The first kappa shape index (κ1) is 13.5. The van der Waals surface area contributed by atoms with E-state index in [1.54, 1.807) is 6.92 Å². The molecule has 0 aliphatic carbocycles. The van der Waals surface area contributed by atoms with Gasteiger partial charge in [-0.15, -0.1) is 0 Å². The van der Waals surface area contributed by atoms with Crippen molar-refractivity contribution >= 4 is 23.4 Å². The van der Waals surface area contributed by atoms with Crippen molar-refractivity contribution in [1.29, 1.82) is 0 Å². The van der Waals surface area contributed by atoms with Crippen molar-refractivity contribution < 1.29 is 14.3 Å². The molecule has 0 atom stereocenters. The number of hydrogen-bond donors (Lipinski definition) is 1. The van der Waals surface area contributed by atoms with Crippen LogP contribution in [0.4, 0.5) is 5.82 Å². The number of anilines is 1. The van der Waals surface area contributed by atoms with Crippen molar-refractivity contribution in [3.8, 4) is 5.75 Å². The largest absolute Gasteiger partial charge is 0.490 e. The van der Waals surface area contributed by atoms with Crippen LogP contribution in [0.25, 0.3) is 0 Å². The van der Waals surface area contributed by atoms with Crippen LogP contribution < -0.4 is 10.1 Å². The molecule has 1 rings (SSSR count). The third kappa shape index (κ3) is 4.07. The fourth-order valence-electron chi connectivity index (χ4n) is 1.18. The summed E-state index contributed by atoms with van der Waals surface area (Å²) in [5, 5.41) is 3.16. The van der Waals surface area contributed by atoms with Crippen molar-refractivity contribution in [3.63, 3.8) is 0 Å². The van der Waals surface area contributed by atoms with Crippen LogP contribution in [0.3, 0.4) is 0 Å². The van der Waals surface area contributed by atoms with Crippen molar-refractivity contribution in [2.75, 3.05) is 25.6 Å². The second-order valence-electron chi connectivity index (χ2n) is 3.03. The summed E-state index contributed by atoms with van der Waals surface area (Å²) in [6, 6.07) is 0. The molecule has 0 unspecified atom stereocenters. The Labute approximate surface area is 104 Å². The van der Waals surface area contributed by atoms with Crippen LogP contribution in [0.15, 0.2) is 6.33 Å². The second-order valence-corrected chi connectivity index (χ2v) is 3.39. The Morgan fingerprint density at radius 3 is 2.94 bits per heavy atom. The number of halogens is 1. The predicted molar refractivity (Wildman–Crippen MR) is 63.3 cm³/mol. The van der Waals surface area contributed by atoms with Crippen LogP contribution in [0, 0.1) is 0 Å². The van der Waals surface area contributed by atoms with E-state index < -0.39 is 0 Å². The van der Waals surface area contributed by atoms with E-state index in [2.05, 4.69) is 15.3 Å². The molecule has 0 bridgehead atoms. The minimum absolute atomic E-state index is 0.223. The number of nitrogens with one attached hydrogen (secondary N) is 1. The van der Waals surface area contributed by atoms with Gasteiger partial charge in [-0.1, -0.05) is 11.6 Å². The standard InChI is InChI=1S/C10H14ClN3O3/c1-3-17-7(15)4-5-12-10-8(16-2)9(11)13-6-14-10/h6H,3-5H2,1-2H3,(H,12,13,14). The summed E-state index contributed by atoms with van der Waals surface area (Å²) >= 11 is 5.81. The lowest BCUT2D eigenvalue weighted by atomic mass is 10.4. The summed E-state index contributed by atoms with van der Waals surface area (Å²) in [4.78, 5) is 18.9. The van der Waals surface area contributed by atoms with Crippen LogP contribution in [-0.2, 0) is 9.53 Å². The highest BCUT2D eigenvalue weighted by Crippen LogP contribution is 2.28. The molecule has 17 heavy (non-hydrogen) atoms. The number of methoxy groups -OCH3 is 1. The van der Waals surface area contributed by atoms with E-state index in [0.29, 0.717) is 24.7 Å². The second kappa shape index (κ2) is 6.90. The average molecular weight is 260 g/mol. The molecule has 0 aromatic carbocycles. The van der Waals surface area contributed by atoms with Crippen molar-refractivity contribution in [3.05, 3.63) is 11.5 Å². The average Bonchev–Trinajstić information content (AvgIpc) is 2.29. The Morgan fingerprint density at radius 2 is 2.29 bits per heavy atom. The molecule has 0 spiro atoms. The SMILES string of the molecule is CCOC(=O)CCNc1ncnc(Cl)c1OC. The van der Waals surface area contributed by atoms with Gasteiger partial charge in [0, 0.05) is 6.54 Å². The molecular weight excluding hydrogens is 246 g/mol. The fourth-order valence-corrected chi connectivity index (χ4v) is 1.39. The lowest BCUT2D eigenvalue weighted by molar-refractivity contribution is -0.142. The monoisotopic (exact) mass is 259 g/mol. The molecule has 7 heteroatoms. The summed E-state index contributed by atoms with van der Waals surface area (Å²) in [6.07, 6.45) is 1.57. The molecule has 0 radical (unpaired) electrons. The molecule has 6 nitrogen and oxygen atoms in total. The first-order valence-electron chi connectivity index (χ1n) is 5.13. The molecule has 0 saturated carbocycles. The van der Waals surface area contributed by atoms with Gasteiger partial charge >= 0.3 is 5.97 Å². The Bertz CT molecular complexity index is 387. The number of rotatable bonds is 6. The van der Waals surface area contributed by atoms with E-state index in [1.807, 2.05) is 0 Å². The zero-order valence-corrected chi connectivity index (χ0v) is 10.5. The quantitative estimate of drug-likeness (QED) is 0.617. The number of ether oxygens (including phenoxy) is 2. The zero-order valence-electron chi connectivity index (χ0n) is 9.70. The maximum absolute atomic E-state index is 11.1. The van der Waals surface area contributed by atoms with Crippen LogP contribution in [0.5, 0.6) is 5.75 Å². The topological polar surface area (TPSA) is 73.3 Å². The number of hydrogen-bond acceptors (Lipinski definition) is 6. The molecule has 1 aromatic rings. The highest BCUT2D eigenvalue weighted by molar-refractivity contribution is 6.31. The number of esters is 1. The molecule has 0 aliphatic rings. The highest BCUT2D eigenvalue weighted by atomic mass is 35.5. The van der Waals surface area contributed by atoms with Crippen molar-refractivity contribution in [1.82, 2.24) is 9.97 Å². The first-order chi connectivity index (χ1) is 8.19. The van der Waals surface area contributed by atoms with Gasteiger partial charge in [0.05, 0.1) is 20.1 Å². The molecule has 1 N–H and O–H groups in total. The number of carbonyl (C=O) groups is 1. The van der Waals surface area contributed by atoms with Gasteiger partial charge in [-0.05, 0) is 6.92 Å². The summed E-state index contributed by atoms with van der Waals surface area (Å²) in [5.41, 5.74) is 0. The zero-order chi connectivity index (χ0) is 12.7. The van der Waals surface area contributed by atoms with Gasteiger partial charge in [0.15, 0.2) is 16.7 Å². The minimum atomic E-state index is -0.265. The minimum Gasteiger partial charge on any atom is -0.490 e. The lowest BCUT2D eigenvalue weighted by Crippen LogP contribution is -2.12. The van der Waals surface area contributed by atoms with Crippen LogP contribution in [0.1, 0.15) is 13.3 Å². The lowest BCUT2D eigenvalue weighted by Gasteiger charge is -2.09. The first-order valence-corrected chi connectivity index (χ1v) is 5.50. The molecular formula is C10H14ClN3O3. The van der Waals surface area contributed by atoms with Gasteiger partial charge in [-0.3, -0.25) is 4.79 Å². The van der Waals surface area contributed by atoms with Gasteiger partial charge in [-0.2, -0.15) is 0 Å². The third-order valence-electron chi connectivity index (χ3n) is 1.89. The van der Waals surface area contributed by atoms with Gasteiger partial charge in [-0.25, -0.2) is 9.97 Å².